The van der Waals surface area contributed by atoms with Crippen LogP contribution in [0.15, 0.2) is 12.1 Å². The molecule has 0 spiro atoms. The average Bonchev–Trinajstić information content (AvgIpc) is 2.06. The third-order valence-corrected chi connectivity index (χ3v) is 1.76. The highest BCUT2D eigenvalue weighted by molar-refractivity contribution is 6.18. The summed E-state index contributed by atoms with van der Waals surface area (Å²) in [7, 11) is 1.95. The smallest absolute Gasteiger partial charge is 0.151 e. The maximum atomic E-state index is 5.59. The Labute approximate surface area is 77.4 Å². The maximum absolute atomic E-state index is 5.59. The van der Waals surface area contributed by atoms with Gasteiger partial charge in [0.05, 0.1) is 5.69 Å². The fourth-order valence-electron chi connectivity index (χ4n) is 0.837. The van der Waals surface area contributed by atoms with Crippen molar-refractivity contribution in [3.05, 3.63) is 17.8 Å². The van der Waals surface area contributed by atoms with Crippen molar-refractivity contribution in [3.63, 3.8) is 0 Å². The monoisotopic (exact) mass is 185 g/mol. The van der Waals surface area contributed by atoms with Crippen molar-refractivity contribution < 1.29 is 0 Å². The van der Waals surface area contributed by atoms with E-state index in [0.717, 1.165) is 18.1 Å². The zero-order valence-electron chi connectivity index (χ0n) is 7.29. The van der Waals surface area contributed by atoms with E-state index < -0.39 is 0 Å². The van der Waals surface area contributed by atoms with Crippen LogP contribution in [0.25, 0.3) is 0 Å². The molecule has 12 heavy (non-hydrogen) atoms. The number of alkyl halides is 1. The number of nitrogens with zero attached hydrogens (tertiary/aromatic N) is 3. The van der Waals surface area contributed by atoms with Gasteiger partial charge in [0, 0.05) is 19.5 Å². The molecule has 66 valence electrons. The van der Waals surface area contributed by atoms with Crippen molar-refractivity contribution in [3.8, 4) is 0 Å². The summed E-state index contributed by atoms with van der Waals surface area (Å²) in [4.78, 5) is 1.97. The second-order valence-corrected chi connectivity index (χ2v) is 3.02. The minimum absolute atomic E-state index is 0.603. The summed E-state index contributed by atoms with van der Waals surface area (Å²) in [5.41, 5.74) is 0.929. The van der Waals surface area contributed by atoms with E-state index in [2.05, 4.69) is 10.2 Å². The topological polar surface area (TPSA) is 29.0 Å². The first kappa shape index (κ1) is 9.26. The van der Waals surface area contributed by atoms with E-state index in [1.54, 1.807) is 0 Å². The number of hydrogen-bond donors (Lipinski definition) is 0. The highest BCUT2D eigenvalue weighted by Gasteiger charge is 2.00. The lowest BCUT2D eigenvalue weighted by molar-refractivity contribution is 0.885. The fraction of sp³-hybridized carbons (Fsp3) is 0.500. The summed E-state index contributed by atoms with van der Waals surface area (Å²) in [6.07, 6.45) is 0. The minimum Gasteiger partial charge on any atom is -0.357 e. The second kappa shape index (κ2) is 4.26. The van der Waals surface area contributed by atoms with Crippen LogP contribution in [-0.4, -0.2) is 29.7 Å². The van der Waals surface area contributed by atoms with Gasteiger partial charge in [0.1, 0.15) is 0 Å². The number of hydrogen-bond acceptors (Lipinski definition) is 3. The summed E-state index contributed by atoms with van der Waals surface area (Å²) >= 11 is 5.59. The molecule has 0 aliphatic heterocycles. The molecule has 0 unspecified atom stereocenters. The highest BCUT2D eigenvalue weighted by Crippen LogP contribution is 2.06. The first-order chi connectivity index (χ1) is 5.74. The van der Waals surface area contributed by atoms with Gasteiger partial charge in [-0.05, 0) is 19.1 Å². The third-order valence-electron chi connectivity index (χ3n) is 1.59. The largest absolute Gasteiger partial charge is 0.357 e. The van der Waals surface area contributed by atoms with Gasteiger partial charge < -0.3 is 4.90 Å². The molecule has 1 aromatic rings. The van der Waals surface area contributed by atoms with Crippen LogP contribution in [0.2, 0.25) is 0 Å². The van der Waals surface area contributed by atoms with Gasteiger partial charge in [-0.1, -0.05) is 0 Å². The Morgan fingerprint density at radius 1 is 1.42 bits per heavy atom. The van der Waals surface area contributed by atoms with E-state index in [9.17, 15) is 0 Å². The molecule has 0 aliphatic rings. The standard InChI is InChI=1S/C8H12ClN3/c1-7-3-4-8(11-10-7)12(2)6-5-9/h3-4H,5-6H2,1-2H3. The van der Waals surface area contributed by atoms with Crippen LogP contribution >= 0.6 is 11.6 Å². The van der Waals surface area contributed by atoms with Crippen molar-refractivity contribution in [1.29, 1.82) is 0 Å². The van der Waals surface area contributed by atoms with Crippen LogP contribution in [0, 0.1) is 6.92 Å². The molecule has 1 rings (SSSR count). The summed E-state index contributed by atoms with van der Waals surface area (Å²) < 4.78 is 0. The Kier molecular flexibility index (Phi) is 3.29. The van der Waals surface area contributed by atoms with E-state index in [0.29, 0.717) is 5.88 Å². The molecule has 0 aliphatic carbocycles. The minimum atomic E-state index is 0.603. The molecule has 0 radical (unpaired) electrons. The molecule has 0 amide bonds. The summed E-state index contributed by atoms with van der Waals surface area (Å²) in [5.74, 6) is 1.47. The van der Waals surface area contributed by atoms with Crippen molar-refractivity contribution in [2.24, 2.45) is 0 Å². The van der Waals surface area contributed by atoms with E-state index >= 15 is 0 Å². The first-order valence-electron chi connectivity index (χ1n) is 3.81. The SMILES string of the molecule is Cc1ccc(N(C)CCCl)nn1. The molecule has 0 bridgehead atoms. The fourth-order valence-corrected chi connectivity index (χ4v) is 1.09. The third kappa shape index (κ3) is 2.34. The predicted octanol–water partition coefficient (Wildman–Crippen LogP) is 1.46. The van der Waals surface area contributed by atoms with Gasteiger partial charge >= 0.3 is 0 Å². The molecule has 0 fully saturated rings. The first-order valence-corrected chi connectivity index (χ1v) is 4.35. The molecule has 0 N–H and O–H groups in total. The zero-order valence-corrected chi connectivity index (χ0v) is 8.04. The average molecular weight is 186 g/mol. The predicted molar refractivity (Wildman–Crippen MR) is 50.8 cm³/mol. The van der Waals surface area contributed by atoms with Gasteiger partial charge in [-0.15, -0.1) is 16.7 Å². The lowest BCUT2D eigenvalue weighted by Gasteiger charge is -2.15. The molecular weight excluding hydrogens is 174 g/mol. The number of anilines is 1. The van der Waals surface area contributed by atoms with Crippen molar-refractivity contribution in [2.45, 2.75) is 6.92 Å². The second-order valence-electron chi connectivity index (χ2n) is 2.64. The molecule has 4 heteroatoms. The summed E-state index contributed by atoms with van der Waals surface area (Å²) in [5, 5.41) is 7.96. The van der Waals surface area contributed by atoms with Gasteiger partial charge in [0.15, 0.2) is 5.82 Å². The number of aromatic nitrogens is 2. The zero-order chi connectivity index (χ0) is 8.97. The Morgan fingerprint density at radius 2 is 2.17 bits per heavy atom. The maximum Gasteiger partial charge on any atom is 0.151 e. The van der Waals surface area contributed by atoms with Crippen molar-refractivity contribution in [2.75, 3.05) is 24.4 Å². The Morgan fingerprint density at radius 3 is 2.67 bits per heavy atom. The molecule has 3 nitrogen and oxygen atoms in total. The lowest BCUT2D eigenvalue weighted by Crippen LogP contribution is -2.20. The molecule has 0 saturated heterocycles. The Balaban J connectivity index is 2.68. The summed E-state index contributed by atoms with van der Waals surface area (Å²) in [6, 6.07) is 3.88. The Hall–Kier alpha value is -0.830. The normalized spacial score (nSPS) is 9.92. The van der Waals surface area contributed by atoms with Gasteiger partial charge in [-0.3, -0.25) is 0 Å². The van der Waals surface area contributed by atoms with E-state index in [1.807, 2.05) is 31.0 Å². The van der Waals surface area contributed by atoms with E-state index in [-0.39, 0.29) is 0 Å². The lowest BCUT2D eigenvalue weighted by atomic mass is 10.4. The molecule has 0 saturated carbocycles. The molecule has 1 aromatic heterocycles. The van der Waals surface area contributed by atoms with Crippen LogP contribution in [0.5, 0.6) is 0 Å². The van der Waals surface area contributed by atoms with Gasteiger partial charge in [-0.25, -0.2) is 0 Å². The van der Waals surface area contributed by atoms with Crippen molar-refractivity contribution >= 4 is 17.4 Å². The van der Waals surface area contributed by atoms with E-state index in [1.165, 1.54) is 0 Å². The number of rotatable bonds is 3. The quantitative estimate of drug-likeness (QED) is 0.668. The number of aryl methyl sites for hydroxylation is 1. The van der Waals surface area contributed by atoms with Crippen molar-refractivity contribution in [1.82, 2.24) is 10.2 Å². The van der Waals surface area contributed by atoms with Crippen LogP contribution in [0.1, 0.15) is 5.69 Å². The van der Waals surface area contributed by atoms with Gasteiger partial charge in [0.25, 0.3) is 0 Å². The summed E-state index contributed by atoms with van der Waals surface area (Å²) in [6.45, 7) is 2.71. The molecular formula is C8H12ClN3. The van der Waals surface area contributed by atoms with Crippen LogP contribution in [-0.2, 0) is 0 Å². The molecule has 1 heterocycles. The van der Waals surface area contributed by atoms with Gasteiger partial charge in [-0.2, -0.15) is 5.10 Å². The van der Waals surface area contributed by atoms with Crippen LogP contribution < -0.4 is 4.90 Å². The van der Waals surface area contributed by atoms with Crippen LogP contribution in [0.4, 0.5) is 5.82 Å². The van der Waals surface area contributed by atoms with E-state index in [4.69, 9.17) is 11.6 Å². The Bertz CT molecular complexity index is 235. The van der Waals surface area contributed by atoms with Crippen LogP contribution in [0.3, 0.4) is 0 Å². The van der Waals surface area contributed by atoms with Gasteiger partial charge in [0.2, 0.25) is 0 Å². The highest BCUT2D eigenvalue weighted by atomic mass is 35.5. The molecule has 0 aromatic carbocycles. The number of halogens is 1. The molecule has 0 atom stereocenters.